The Morgan fingerprint density at radius 1 is 1.00 bits per heavy atom. The van der Waals surface area contributed by atoms with Crippen LogP contribution in [0.15, 0.2) is 97.7 Å². The van der Waals surface area contributed by atoms with Gasteiger partial charge in [-0.05, 0) is 75.2 Å². The highest BCUT2D eigenvalue weighted by Gasteiger charge is 2.31. The average Bonchev–Trinajstić information content (AvgIpc) is 3.02. The van der Waals surface area contributed by atoms with Crippen molar-refractivity contribution in [3.8, 4) is 29.0 Å². The molecule has 0 bridgehead atoms. The van der Waals surface area contributed by atoms with Crippen molar-refractivity contribution in [3.63, 3.8) is 0 Å². The van der Waals surface area contributed by atoms with Crippen LogP contribution in [0.5, 0.6) is 11.5 Å². The van der Waals surface area contributed by atoms with Crippen LogP contribution in [-0.2, 0) is 12.8 Å². The van der Waals surface area contributed by atoms with E-state index in [1.807, 2.05) is 6.07 Å². The third-order valence-corrected chi connectivity index (χ3v) is 8.62. The van der Waals surface area contributed by atoms with Gasteiger partial charge in [-0.3, -0.25) is 4.79 Å². The quantitative estimate of drug-likeness (QED) is 0.150. The Balaban J connectivity index is 1.60. The fourth-order valence-corrected chi connectivity index (χ4v) is 5.31. The van der Waals surface area contributed by atoms with Crippen LogP contribution in [0.3, 0.4) is 0 Å². The number of alkyl halides is 3. The van der Waals surface area contributed by atoms with Gasteiger partial charge in [0, 0.05) is 21.2 Å². The molecule has 0 saturated carbocycles. The summed E-state index contributed by atoms with van der Waals surface area (Å²) in [6.45, 7) is 2.21. The Morgan fingerprint density at radius 3 is 2.50 bits per heavy atom. The van der Waals surface area contributed by atoms with Crippen molar-refractivity contribution in [2.45, 2.75) is 19.7 Å². The number of nitrogens with zero attached hydrogens (tertiary/aromatic N) is 4. The molecule has 0 N–H and O–H groups in total. The molecular formula is C32H21Br2F3N4O3. The van der Waals surface area contributed by atoms with E-state index < -0.39 is 17.3 Å². The Hall–Kier alpha value is -4.47. The van der Waals surface area contributed by atoms with Gasteiger partial charge in [0.25, 0.3) is 5.56 Å². The Bertz CT molecular complexity index is 2000. The van der Waals surface area contributed by atoms with Crippen molar-refractivity contribution in [2.24, 2.45) is 5.10 Å². The van der Waals surface area contributed by atoms with E-state index in [-0.39, 0.29) is 23.4 Å². The van der Waals surface area contributed by atoms with Gasteiger partial charge in [-0.15, -0.1) is 0 Å². The maximum Gasteiger partial charge on any atom is 0.416 e. The first-order chi connectivity index (χ1) is 21.1. The minimum Gasteiger partial charge on any atom is -0.490 e. The number of ether oxygens (including phenoxy) is 2. The molecule has 1 aromatic heterocycles. The topological polar surface area (TPSA) is 89.5 Å². The molecule has 222 valence electrons. The van der Waals surface area contributed by atoms with E-state index in [0.717, 1.165) is 16.8 Å². The van der Waals surface area contributed by atoms with Crippen LogP contribution in [0.4, 0.5) is 13.2 Å². The van der Waals surface area contributed by atoms with E-state index in [1.54, 1.807) is 55.5 Å². The molecule has 0 unspecified atom stereocenters. The van der Waals surface area contributed by atoms with Gasteiger partial charge in [0.1, 0.15) is 6.61 Å². The van der Waals surface area contributed by atoms with Gasteiger partial charge < -0.3 is 9.47 Å². The number of benzene rings is 4. The Morgan fingerprint density at radius 2 is 1.75 bits per heavy atom. The summed E-state index contributed by atoms with van der Waals surface area (Å²) in [6, 6.07) is 22.0. The van der Waals surface area contributed by atoms with Gasteiger partial charge in [0.15, 0.2) is 17.3 Å². The van der Waals surface area contributed by atoms with Crippen LogP contribution in [-0.4, -0.2) is 22.5 Å². The molecule has 5 rings (SSSR count). The molecule has 0 saturated heterocycles. The molecule has 5 aromatic rings. The molecule has 0 aliphatic rings. The minimum absolute atomic E-state index is 0.0626. The average molecular weight is 726 g/mol. The zero-order chi connectivity index (χ0) is 31.4. The molecule has 0 aliphatic heterocycles. The first kappa shape index (κ1) is 31.0. The summed E-state index contributed by atoms with van der Waals surface area (Å²) >= 11 is 7.09. The lowest BCUT2D eigenvalue weighted by atomic mass is 10.1. The molecule has 1 heterocycles. The number of hydrogen-bond donors (Lipinski definition) is 0. The fraction of sp³-hybridized carbons (Fsp3) is 0.125. The maximum atomic E-state index is 13.6. The summed E-state index contributed by atoms with van der Waals surface area (Å²) in [7, 11) is 0. The zero-order valence-corrected chi connectivity index (χ0v) is 26.1. The highest BCUT2D eigenvalue weighted by Crippen LogP contribution is 2.43. The lowest BCUT2D eigenvalue weighted by Crippen LogP contribution is -2.20. The van der Waals surface area contributed by atoms with Crippen molar-refractivity contribution in [1.82, 2.24) is 9.66 Å². The number of rotatable bonds is 8. The lowest BCUT2D eigenvalue weighted by Gasteiger charge is -2.17. The summed E-state index contributed by atoms with van der Waals surface area (Å²) in [4.78, 5) is 18.1. The first-order valence-corrected chi connectivity index (χ1v) is 14.7. The van der Waals surface area contributed by atoms with Gasteiger partial charge in [-0.1, -0.05) is 42.5 Å². The third kappa shape index (κ3) is 6.39. The number of halogens is 5. The van der Waals surface area contributed by atoms with E-state index in [2.05, 4.69) is 48.0 Å². The van der Waals surface area contributed by atoms with Crippen molar-refractivity contribution < 1.29 is 22.6 Å². The van der Waals surface area contributed by atoms with Crippen molar-refractivity contribution >= 4 is 49.0 Å². The molecule has 12 heteroatoms. The van der Waals surface area contributed by atoms with E-state index in [1.165, 1.54) is 18.3 Å². The van der Waals surface area contributed by atoms with Crippen LogP contribution < -0.4 is 15.0 Å². The van der Waals surface area contributed by atoms with E-state index >= 15 is 0 Å². The predicted molar refractivity (Wildman–Crippen MR) is 168 cm³/mol. The molecular weight excluding hydrogens is 705 g/mol. The molecule has 0 amide bonds. The summed E-state index contributed by atoms with van der Waals surface area (Å²) in [6.07, 6.45) is -3.21. The first-order valence-electron chi connectivity index (χ1n) is 13.1. The van der Waals surface area contributed by atoms with Gasteiger partial charge >= 0.3 is 6.18 Å². The van der Waals surface area contributed by atoms with Gasteiger partial charge in [0.2, 0.25) is 0 Å². The van der Waals surface area contributed by atoms with Gasteiger partial charge in [-0.2, -0.15) is 28.2 Å². The van der Waals surface area contributed by atoms with E-state index in [9.17, 15) is 23.2 Å². The summed E-state index contributed by atoms with van der Waals surface area (Å²) < 4.78 is 54.5. The van der Waals surface area contributed by atoms with Crippen molar-refractivity contribution in [1.29, 1.82) is 5.26 Å². The van der Waals surface area contributed by atoms with Crippen LogP contribution in [0, 0.1) is 11.3 Å². The van der Waals surface area contributed by atoms with Crippen molar-refractivity contribution in [2.75, 3.05) is 6.61 Å². The predicted octanol–water partition coefficient (Wildman–Crippen LogP) is 8.34. The number of fused-ring (bicyclic) bond motifs is 1. The van der Waals surface area contributed by atoms with Crippen LogP contribution in [0.25, 0.3) is 22.3 Å². The molecule has 0 radical (unpaired) electrons. The number of para-hydroxylation sites is 1. The molecule has 0 spiro atoms. The summed E-state index contributed by atoms with van der Waals surface area (Å²) in [5, 5.41) is 14.1. The van der Waals surface area contributed by atoms with Crippen LogP contribution in [0.2, 0.25) is 0 Å². The third-order valence-electron chi connectivity index (χ3n) is 6.48. The number of nitriles is 1. The van der Waals surface area contributed by atoms with E-state index in [0.29, 0.717) is 49.3 Å². The second-order valence-electron chi connectivity index (χ2n) is 9.30. The molecule has 44 heavy (non-hydrogen) atoms. The number of aromatic nitrogens is 2. The van der Waals surface area contributed by atoms with E-state index in [4.69, 9.17) is 9.47 Å². The molecule has 0 atom stereocenters. The second-order valence-corrected chi connectivity index (χ2v) is 10.9. The lowest BCUT2D eigenvalue weighted by molar-refractivity contribution is -0.137. The minimum atomic E-state index is -4.59. The summed E-state index contributed by atoms with van der Waals surface area (Å²) in [5.74, 6) is 0.672. The van der Waals surface area contributed by atoms with Gasteiger partial charge in [-0.25, -0.2) is 4.98 Å². The molecule has 4 aromatic carbocycles. The van der Waals surface area contributed by atoms with Crippen molar-refractivity contribution in [3.05, 3.63) is 120 Å². The SMILES string of the molecule is CCOc1cc(C=Nn2c(-c3cccc(C(F)(F)F)c3)nc3ccccc3c2=O)c(Br)c(Br)c1OCc1ccccc1C#N. The maximum absolute atomic E-state index is 13.6. The molecule has 0 fully saturated rings. The Kier molecular flexibility index (Phi) is 9.17. The van der Waals surface area contributed by atoms with Crippen LogP contribution in [0.1, 0.15) is 29.2 Å². The molecule has 7 nitrogen and oxygen atoms in total. The smallest absolute Gasteiger partial charge is 0.416 e. The van der Waals surface area contributed by atoms with Crippen LogP contribution >= 0.6 is 31.9 Å². The standard InChI is InChI=1S/C32H21Br2F3N4O3/c1-2-43-26-15-22(27(33)28(34)29(26)44-18-21-9-4-3-8-20(21)16-38)17-39-41-30(19-10-7-11-23(14-19)32(35,36)37)40-25-13-6-5-12-24(25)31(41)42/h3-15,17H,2,18H2,1H3. The summed E-state index contributed by atoms with van der Waals surface area (Å²) in [5.41, 5.74) is 0.589. The number of hydrogen-bond acceptors (Lipinski definition) is 6. The second kappa shape index (κ2) is 13.0. The zero-order valence-electron chi connectivity index (χ0n) is 22.9. The molecule has 0 aliphatic carbocycles. The Labute approximate surface area is 266 Å². The highest BCUT2D eigenvalue weighted by atomic mass is 79.9. The van der Waals surface area contributed by atoms with Gasteiger partial charge in [0.05, 0.1) is 45.4 Å². The fourth-order valence-electron chi connectivity index (χ4n) is 4.37. The largest absolute Gasteiger partial charge is 0.490 e. The normalized spacial score (nSPS) is 11.6. The highest BCUT2D eigenvalue weighted by molar-refractivity contribution is 9.13. The monoisotopic (exact) mass is 724 g/mol.